The molecule has 370 valence electrons. The SMILES string of the molecule is CC(C)(CCCCOc1cc(-c2ccccc2)cc(-c2ccccc2)n1)c1nnn(CCCCC(=O)NCCCOCCOCCOCCCNC(=O)c2ccc(N/N=C/c3ccccc3O)nc2)n1. The summed E-state index contributed by atoms with van der Waals surface area (Å²) >= 11 is 0. The lowest BCUT2D eigenvalue weighted by atomic mass is 9.86. The highest BCUT2D eigenvalue weighted by Gasteiger charge is 2.26. The number of hydrogen-bond donors (Lipinski definition) is 4. The minimum Gasteiger partial charge on any atom is -0.507 e. The Morgan fingerprint density at radius 2 is 1.40 bits per heavy atom. The van der Waals surface area contributed by atoms with Gasteiger partial charge in [-0.1, -0.05) is 86.6 Å². The number of rotatable bonds is 32. The van der Waals surface area contributed by atoms with E-state index in [1.807, 2.05) is 42.5 Å². The largest absolute Gasteiger partial charge is 0.507 e. The molecule has 0 saturated carbocycles. The maximum atomic E-state index is 12.4. The number of nitrogens with one attached hydrogen (secondary N) is 3. The highest BCUT2D eigenvalue weighted by Crippen LogP contribution is 2.30. The van der Waals surface area contributed by atoms with Gasteiger partial charge in [-0.3, -0.25) is 15.0 Å². The van der Waals surface area contributed by atoms with Gasteiger partial charge in [0.1, 0.15) is 11.6 Å². The van der Waals surface area contributed by atoms with Crippen LogP contribution in [0, 0.1) is 0 Å². The number of pyridine rings is 2. The number of hydrogen-bond acceptors (Lipinski definition) is 14. The highest BCUT2D eigenvalue weighted by molar-refractivity contribution is 5.94. The summed E-state index contributed by atoms with van der Waals surface area (Å²) in [4.78, 5) is 35.5. The molecule has 70 heavy (non-hydrogen) atoms. The second-order valence-electron chi connectivity index (χ2n) is 17.2. The number of carbonyl (C=O) groups is 2. The average Bonchev–Trinajstić information content (AvgIpc) is 3.88. The van der Waals surface area contributed by atoms with E-state index >= 15 is 0 Å². The number of para-hydroxylation sites is 1. The number of ether oxygens (including phenoxy) is 4. The molecule has 0 fully saturated rings. The van der Waals surface area contributed by atoms with Crippen molar-refractivity contribution < 1.29 is 33.6 Å². The fraction of sp³-hybridized carbons (Fsp3) is 0.396. The zero-order valence-corrected chi connectivity index (χ0v) is 40.3. The van der Waals surface area contributed by atoms with Crippen LogP contribution in [0.15, 0.2) is 120 Å². The summed E-state index contributed by atoms with van der Waals surface area (Å²) in [5.41, 5.74) is 7.65. The summed E-state index contributed by atoms with van der Waals surface area (Å²) < 4.78 is 23.0. The molecule has 0 spiro atoms. The van der Waals surface area contributed by atoms with Crippen molar-refractivity contribution in [3.05, 3.63) is 132 Å². The molecule has 2 amide bonds. The third-order valence-electron chi connectivity index (χ3n) is 11.1. The summed E-state index contributed by atoms with van der Waals surface area (Å²) in [6, 6.07) is 34.7. The first kappa shape index (κ1) is 52.3. The minimum absolute atomic E-state index is 0.0186. The molecule has 17 nitrogen and oxygen atoms in total. The Kier molecular flexibility index (Phi) is 21.7. The van der Waals surface area contributed by atoms with Gasteiger partial charge in [0, 0.05) is 61.5 Å². The summed E-state index contributed by atoms with van der Waals surface area (Å²) in [6.07, 6.45) is 8.94. The Labute approximate surface area is 410 Å². The molecule has 0 radical (unpaired) electrons. The predicted molar refractivity (Wildman–Crippen MR) is 270 cm³/mol. The van der Waals surface area contributed by atoms with Crippen molar-refractivity contribution in [3.8, 4) is 34.0 Å². The number of tetrazole rings is 1. The second-order valence-corrected chi connectivity index (χ2v) is 17.2. The number of unbranched alkanes of at least 4 members (excludes halogenated alkanes) is 2. The average molecular weight is 955 g/mol. The Morgan fingerprint density at radius 3 is 2.11 bits per heavy atom. The molecule has 6 aromatic rings. The van der Waals surface area contributed by atoms with Gasteiger partial charge in [-0.15, -0.1) is 10.2 Å². The Hall–Kier alpha value is -7.08. The lowest BCUT2D eigenvalue weighted by molar-refractivity contribution is -0.121. The number of benzene rings is 3. The van der Waals surface area contributed by atoms with E-state index in [9.17, 15) is 14.7 Å². The molecule has 0 saturated heterocycles. The van der Waals surface area contributed by atoms with Crippen molar-refractivity contribution in [3.63, 3.8) is 0 Å². The Balaban J connectivity index is 0.717. The van der Waals surface area contributed by atoms with Crippen LogP contribution in [0.5, 0.6) is 11.6 Å². The molecule has 3 aromatic heterocycles. The number of carbonyl (C=O) groups excluding carboxylic acids is 2. The molecule has 3 heterocycles. The summed E-state index contributed by atoms with van der Waals surface area (Å²) in [7, 11) is 0. The molecule has 0 aliphatic heterocycles. The number of anilines is 1. The zero-order chi connectivity index (χ0) is 49.1. The van der Waals surface area contributed by atoms with Gasteiger partial charge in [-0.25, -0.2) is 9.97 Å². The van der Waals surface area contributed by atoms with E-state index in [0.717, 1.165) is 54.5 Å². The van der Waals surface area contributed by atoms with Crippen molar-refractivity contribution in [2.75, 3.05) is 64.8 Å². The van der Waals surface area contributed by atoms with Crippen LogP contribution in [0.25, 0.3) is 22.4 Å². The van der Waals surface area contributed by atoms with E-state index < -0.39 is 0 Å². The van der Waals surface area contributed by atoms with E-state index in [0.29, 0.717) is 114 Å². The van der Waals surface area contributed by atoms with Crippen LogP contribution in [0.4, 0.5) is 5.82 Å². The van der Waals surface area contributed by atoms with Crippen LogP contribution in [0.1, 0.15) is 87.0 Å². The van der Waals surface area contributed by atoms with Gasteiger partial charge in [0.05, 0.1) is 57.1 Å². The van der Waals surface area contributed by atoms with Crippen LogP contribution >= 0.6 is 0 Å². The minimum atomic E-state index is -0.246. The molecule has 0 aliphatic rings. The number of aromatic nitrogens is 6. The summed E-state index contributed by atoms with van der Waals surface area (Å²) in [5.74, 6) is 1.72. The lowest BCUT2D eigenvalue weighted by Gasteiger charge is -2.20. The third-order valence-corrected chi connectivity index (χ3v) is 11.1. The number of aryl methyl sites for hydroxylation is 1. The normalized spacial score (nSPS) is 11.5. The van der Waals surface area contributed by atoms with Crippen molar-refractivity contribution in [1.29, 1.82) is 0 Å². The van der Waals surface area contributed by atoms with Gasteiger partial charge in [-0.05, 0) is 91.6 Å². The smallest absolute Gasteiger partial charge is 0.252 e. The van der Waals surface area contributed by atoms with Crippen molar-refractivity contribution >= 4 is 23.8 Å². The van der Waals surface area contributed by atoms with Gasteiger partial charge < -0.3 is 34.7 Å². The van der Waals surface area contributed by atoms with Crippen LogP contribution in [0.2, 0.25) is 0 Å². The second kappa shape index (κ2) is 29.1. The van der Waals surface area contributed by atoms with Crippen LogP contribution < -0.4 is 20.8 Å². The Bertz CT molecular complexity index is 2430. The van der Waals surface area contributed by atoms with E-state index in [2.05, 4.69) is 85.7 Å². The van der Waals surface area contributed by atoms with Crippen molar-refractivity contribution in [2.24, 2.45) is 5.10 Å². The number of amides is 2. The molecule has 0 unspecified atom stereocenters. The molecule has 4 N–H and O–H groups in total. The number of aromatic hydroxyl groups is 1. The summed E-state index contributed by atoms with van der Waals surface area (Å²) in [5, 5.41) is 33.0. The van der Waals surface area contributed by atoms with E-state index in [-0.39, 0.29) is 23.0 Å². The lowest BCUT2D eigenvalue weighted by Crippen LogP contribution is -2.25. The highest BCUT2D eigenvalue weighted by atomic mass is 16.5. The van der Waals surface area contributed by atoms with E-state index in [1.54, 1.807) is 41.2 Å². The maximum absolute atomic E-state index is 12.4. The molecule has 0 atom stereocenters. The maximum Gasteiger partial charge on any atom is 0.252 e. The van der Waals surface area contributed by atoms with Crippen LogP contribution in [0.3, 0.4) is 0 Å². The number of phenols is 1. The van der Waals surface area contributed by atoms with E-state index in [1.165, 1.54) is 12.4 Å². The molecule has 17 heteroatoms. The van der Waals surface area contributed by atoms with Crippen molar-refractivity contribution in [2.45, 2.75) is 77.2 Å². The van der Waals surface area contributed by atoms with Crippen molar-refractivity contribution in [1.82, 2.24) is 40.8 Å². The molecule has 0 aliphatic carbocycles. The fourth-order valence-corrected chi connectivity index (χ4v) is 7.11. The first-order valence-electron chi connectivity index (χ1n) is 24.1. The first-order valence-corrected chi connectivity index (χ1v) is 24.1. The first-order chi connectivity index (χ1) is 34.2. The van der Waals surface area contributed by atoms with Gasteiger partial charge >= 0.3 is 0 Å². The quantitative estimate of drug-likeness (QED) is 0.0180. The molecule has 6 rings (SSSR count). The van der Waals surface area contributed by atoms with Crippen LogP contribution in [-0.2, 0) is 31.0 Å². The number of phenolic OH excluding ortho intramolecular Hbond substituents is 1. The standard InChI is InChI=1S/C53H66N10O7/c1-53(2,26-12-14-32-70-50-38-45(41-17-5-3-6-18-41)37-46(58-50)42-19-7-4-8-20-42)52-60-62-63(61-52)29-13-11-23-49(65)54-27-15-30-67-33-35-69-36-34-68-31-16-28-55-51(66)44-24-25-48(56-39-44)59-57-40-43-21-9-10-22-47(43)64/h3-10,17-22,24-25,37-40,64H,11-16,23,26-36H2,1-2H3,(H,54,65)(H,55,66)(H,56,59)/b57-40+. The van der Waals surface area contributed by atoms with Gasteiger partial charge in [0.2, 0.25) is 11.8 Å². The predicted octanol–water partition coefficient (Wildman–Crippen LogP) is 8.02. The van der Waals surface area contributed by atoms with Gasteiger partial charge in [0.15, 0.2) is 5.82 Å². The number of nitrogens with zero attached hydrogens (tertiary/aromatic N) is 7. The van der Waals surface area contributed by atoms with Gasteiger partial charge in [0.25, 0.3) is 5.91 Å². The van der Waals surface area contributed by atoms with E-state index in [4.69, 9.17) is 23.9 Å². The third kappa shape index (κ3) is 18.4. The molecular formula is C53H66N10O7. The summed E-state index contributed by atoms with van der Waals surface area (Å²) in [6.45, 7) is 9.27. The molecule has 3 aromatic carbocycles. The van der Waals surface area contributed by atoms with Gasteiger partial charge in [-0.2, -0.15) is 9.90 Å². The zero-order valence-electron chi connectivity index (χ0n) is 40.3. The molecule has 0 bridgehead atoms. The molecular weight excluding hydrogens is 889 g/mol. The monoisotopic (exact) mass is 955 g/mol. The topological polar surface area (TPSA) is 209 Å². The Morgan fingerprint density at radius 1 is 0.714 bits per heavy atom. The number of hydrazone groups is 1. The van der Waals surface area contributed by atoms with Crippen LogP contribution in [-0.4, -0.2) is 113 Å². The fourth-order valence-electron chi connectivity index (χ4n) is 7.11.